The molecule has 1 aromatic carbocycles. The van der Waals surface area contributed by atoms with Gasteiger partial charge in [-0.2, -0.15) is 4.72 Å². The molecule has 9 nitrogen and oxygen atoms in total. The summed E-state index contributed by atoms with van der Waals surface area (Å²) in [4.78, 5) is 35.7. The van der Waals surface area contributed by atoms with Crippen molar-refractivity contribution in [1.29, 1.82) is 0 Å². The minimum absolute atomic E-state index is 0.0132. The number of hydrogen-bond acceptors (Lipinski definition) is 7. The van der Waals surface area contributed by atoms with Crippen molar-refractivity contribution in [3.63, 3.8) is 0 Å². The third kappa shape index (κ3) is 4.15. The number of rotatable bonds is 7. The van der Waals surface area contributed by atoms with Crippen molar-refractivity contribution in [3.8, 4) is 5.75 Å². The summed E-state index contributed by atoms with van der Waals surface area (Å²) >= 11 is 0. The molecule has 1 saturated heterocycles. The van der Waals surface area contributed by atoms with E-state index in [0.29, 0.717) is 0 Å². The molecule has 1 heterocycles. The van der Waals surface area contributed by atoms with E-state index in [1.807, 2.05) is 0 Å². The molecule has 0 radical (unpaired) electrons. The molecule has 2 amide bonds. The Bertz CT molecular complexity index is 788. The van der Waals surface area contributed by atoms with Crippen molar-refractivity contribution < 1.29 is 32.3 Å². The molecule has 0 saturated carbocycles. The fourth-order valence-electron chi connectivity index (χ4n) is 2.32. The summed E-state index contributed by atoms with van der Waals surface area (Å²) in [5.41, 5.74) is 0.129. The Morgan fingerprint density at radius 3 is 2.44 bits per heavy atom. The van der Waals surface area contributed by atoms with Crippen LogP contribution in [0.4, 0.5) is 5.69 Å². The summed E-state index contributed by atoms with van der Waals surface area (Å²) in [6.45, 7) is 1.17. The quantitative estimate of drug-likeness (QED) is 0.537. The first-order valence-corrected chi connectivity index (χ1v) is 8.97. The number of carbonyl (C=O) groups is 3. The highest BCUT2D eigenvalue weighted by atomic mass is 32.2. The van der Waals surface area contributed by atoms with Crippen LogP contribution in [0.25, 0.3) is 0 Å². The van der Waals surface area contributed by atoms with Crippen molar-refractivity contribution in [3.05, 3.63) is 18.2 Å². The number of amides is 2. The standard InChI is InChI=1S/C15H18N2O7S/c1-3-24-15(20)9-16-25(21,22)12-8-10(4-5-11(12)23-2)17-13(18)6-7-14(17)19/h4-5,8,16H,3,6-7,9H2,1-2H3. The normalized spacial score (nSPS) is 14.7. The van der Waals surface area contributed by atoms with Crippen molar-refractivity contribution in [2.24, 2.45) is 0 Å². The van der Waals surface area contributed by atoms with Crippen LogP contribution in [0.2, 0.25) is 0 Å². The number of benzene rings is 1. The second-order valence-electron chi connectivity index (χ2n) is 5.09. The van der Waals surface area contributed by atoms with Crippen LogP contribution in [0, 0.1) is 0 Å². The average molecular weight is 370 g/mol. The molecule has 0 atom stereocenters. The van der Waals surface area contributed by atoms with E-state index in [0.717, 1.165) is 11.0 Å². The number of methoxy groups -OCH3 is 1. The maximum absolute atomic E-state index is 12.5. The van der Waals surface area contributed by atoms with Crippen LogP contribution in [-0.4, -0.2) is 46.5 Å². The van der Waals surface area contributed by atoms with Crippen molar-refractivity contribution in [1.82, 2.24) is 4.72 Å². The lowest BCUT2D eigenvalue weighted by molar-refractivity contribution is -0.141. The molecule has 1 N–H and O–H groups in total. The lowest BCUT2D eigenvalue weighted by Crippen LogP contribution is -2.32. The van der Waals surface area contributed by atoms with Crippen molar-refractivity contribution in [2.75, 3.05) is 25.2 Å². The number of nitrogens with one attached hydrogen (secondary N) is 1. The molecule has 0 unspecified atom stereocenters. The third-order valence-electron chi connectivity index (χ3n) is 3.46. The number of sulfonamides is 1. The summed E-state index contributed by atoms with van der Waals surface area (Å²) in [5.74, 6) is -1.53. The monoisotopic (exact) mass is 370 g/mol. The molecular weight excluding hydrogens is 352 g/mol. The topological polar surface area (TPSA) is 119 Å². The Balaban J connectivity index is 2.35. The van der Waals surface area contributed by atoms with E-state index < -0.39 is 34.4 Å². The molecule has 1 fully saturated rings. The van der Waals surface area contributed by atoms with Crippen molar-refractivity contribution in [2.45, 2.75) is 24.7 Å². The van der Waals surface area contributed by atoms with Crippen LogP contribution in [0.5, 0.6) is 5.75 Å². The fourth-order valence-corrected chi connectivity index (χ4v) is 3.48. The SMILES string of the molecule is CCOC(=O)CNS(=O)(=O)c1cc(N2C(=O)CCC2=O)ccc1OC. The third-order valence-corrected chi connectivity index (χ3v) is 4.88. The van der Waals surface area contributed by atoms with Gasteiger partial charge in [0.25, 0.3) is 0 Å². The lowest BCUT2D eigenvalue weighted by atomic mass is 10.2. The molecular formula is C15H18N2O7S. The summed E-state index contributed by atoms with van der Waals surface area (Å²) in [5, 5.41) is 0. The molecule has 10 heteroatoms. The van der Waals surface area contributed by atoms with E-state index in [4.69, 9.17) is 4.74 Å². The second-order valence-corrected chi connectivity index (χ2v) is 6.82. The number of ether oxygens (including phenoxy) is 2. The Labute approximate surface area is 144 Å². The number of esters is 1. The molecule has 0 aromatic heterocycles. The van der Waals surface area contributed by atoms with Crippen LogP contribution in [0.3, 0.4) is 0 Å². The maximum Gasteiger partial charge on any atom is 0.321 e. The van der Waals surface area contributed by atoms with Crippen LogP contribution in [0.15, 0.2) is 23.1 Å². The van der Waals surface area contributed by atoms with E-state index in [9.17, 15) is 22.8 Å². The first kappa shape index (κ1) is 18.9. The lowest BCUT2D eigenvalue weighted by Gasteiger charge is -2.17. The Morgan fingerprint density at radius 1 is 1.24 bits per heavy atom. The van der Waals surface area contributed by atoms with Gasteiger partial charge >= 0.3 is 5.97 Å². The molecule has 136 valence electrons. The zero-order valence-corrected chi connectivity index (χ0v) is 14.6. The van der Waals surface area contributed by atoms with Crippen LogP contribution in [-0.2, 0) is 29.1 Å². The van der Waals surface area contributed by atoms with Gasteiger partial charge in [-0.15, -0.1) is 0 Å². The van der Waals surface area contributed by atoms with Gasteiger partial charge in [0.15, 0.2) is 0 Å². The van der Waals surface area contributed by atoms with Gasteiger partial charge in [-0.05, 0) is 25.1 Å². The van der Waals surface area contributed by atoms with Gasteiger partial charge in [0.05, 0.1) is 19.4 Å². The Hall–Kier alpha value is -2.46. The summed E-state index contributed by atoms with van der Waals surface area (Å²) in [6.07, 6.45) is 0.155. The van der Waals surface area contributed by atoms with Gasteiger partial charge in [0.2, 0.25) is 21.8 Å². The van der Waals surface area contributed by atoms with Crippen LogP contribution < -0.4 is 14.4 Å². The molecule has 1 aliphatic heterocycles. The number of nitrogens with zero attached hydrogens (tertiary/aromatic N) is 1. The number of carbonyl (C=O) groups excluding carboxylic acids is 3. The highest BCUT2D eigenvalue weighted by molar-refractivity contribution is 7.89. The summed E-state index contributed by atoms with van der Waals surface area (Å²) in [7, 11) is -2.85. The minimum atomic E-state index is -4.13. The fraction of sp³-hybridized carbons (Fsp3) is 0.400. The number of anilines is 1. The minimum Gasteiger partial charge on any atom is -0.495 e. The van der Waals surface area contributed by atoms with Crippen LogP contribution in [0.1, 0.15) is 19.8 Å². The highest BCUT2D eigenvalue weighted by Crippen LogP contribution is 2.31. The van der Waals surface area contributed by atoms with E-state index in [1.54, 1.807) is 6.92 Å². The highest BCUT2D eigenvalue weighted by Gasteiger charge is 2.32. The maximum atomic E-state index is 12.5. The molecule has 0 aliphatic carbocycles. The summed E-state index contributed by atoms with van der Waals surface area (Å²) < 4.78 is 36.7. The van der Waals surface area contributed by atoms with Gasteiger partial charge in [0.1, 0.15) is 17.2 Å². The first-order valence-electron chi connectivity index (χ1n) is 7.49. The first-order chi connectivity index (χ1) is 11.8. The Kier molecular flexibility index (Phi) is 5.75. The number of imide groups is 1. The van der Waals surface area contributed by atoms with Gasteiger partial charge in [-0.1, -0.05) is 0 Å². The molecule has 25 heavy (non-hydrogen) atoms. The van der Waals surface area contributed by atoms with E-state index in [2.05, 4.69) is 9.46 Å². The van der Waals surface area contributed by atoms with Gasteiger partial charge in [-0.3, -0.25) is 19.3 Å². The van der Waals surface area contributed by atoms with Crippen LogP contribution >= 0.6 is 0 Å². The van der Waals surface area contributed by atoms with Gasteiger partial charge in [0, 0.05) is 12.8 Å². The zero-order valence-electron chi connectivity index (χ0n) is 13.8. The average Bonchev–Trinajstić information content (AvgIpc) is 2.91. The molecule has 2 rings (SSSR count). The zero-order chi connectivity index (χ0) is 18.6. The summed E-state index contributed by atoms with van der Waals surface area (Å²) in [6, 6.07) is 3.92. The smallest absolute Gasteiger partial charge is 0.321 e. The van der Waals surface area contributed by atoms with E-state index in [1.165, 1.54) is 19.2 Å². The van der Waals surface area contributed by atoms with Gasteiger partial charge < -0.3 is 9.47 Å². The molecule has 1 aliphatic rings. The predicted molar refractivity (Wildman–Crippen MR) is 86.5 cm³/mol. The van der Waals surface area contributed by atoms with E-state index >= 15 is 0 Å². The largest absolute Gasteiger partial charge is 0.495 e. The van der Waals surface area contributed by atoms with Gasteiger partial charge in [-0.25, -0.2) is 8.42 Å². The predicted octanol–water partition coefficient (Wildman–Crippen LogP) is 0.190. The van der Waals surface area contributed by atoms with Crippen molar-refractivity contribution >= 4 is 33.5 Å². The number of hydrogen-bond donors (Lipinski definition) is 1. The molecule has 1 aromatic rings. The molecule has 0 spiro atoms. The Morgan fingerprint density at radius 2 is 1.88 bits per heavy atom. The second kappa shape index (κ2) is 7.62. The molecule has 0 bridgehead atoms. The van der Waals surface area contributed by atoms with E-state index in [-0.39, 0.29) is 35.8 Å².